The highest BCUT2D eigenvalue weighted by Gasteiger charge is 2.06. The molecule has 0 radical (unpaired) electrons. The summed E-state index contributed by atoms with van der Waals surface area (Å²) in [7, 11) is 0. The van der Waals surface area contributed by atoms with Crippen molar-refractivity contribution in [3.63, 3.8) is 0 Å². The molecule has 0 aromatic carbocycles. The lowest BCUT2D eigenvalue weighted by atomic mass is 10.1. The van der Waals surface area contributed by atoms with E-state index < -0.39 is 0 Å². The van der Waals surface area contributed by atoms with E-state index in [1.807, 2.05) is 17.8 Å². The van der Waals surface area contributed by atoms with Gasteiger partial charge < -0.3 is 5.11 Å². The largest absolute Gasteiger partial charge is 0.388 e. The summed E-state index contributed by atoms with van der Waals surface area (Å²) in [6.07, 6.45) is 13.4. The van der Waals surface area contributed by atoms with Crippen LogP contribution in [0.15, 0.2) is 12.4 Å². The van der Waals surface area contributed by atoms with E-state index in [4.69, 9.17) is 0 Å². The van der Waals surface area contributed by atoms with Crippen LogP contribution in [0.4, 0.5) is 0 Å². The molecular weight excluding hydrogens is 224 g/mol. The maximum atomic E-state index is 9.68. The molecule has 0 amide bonds. The number of unbranched alkanes of at least 4 members (excludes halogenated alkanes) is 6. The maximum absolute atomic E-state index is 9.68. The lowest BCUT2D eigenvalue weighted by Crippen LogP contribution is -1.98. The van der Waals surface area contributed by atoms with Gasteiger partial charge in [-0.2, -0.15) is 5.10 Å². The van der Waals surface area contributed by atoms with Gasteiger partial charge in [0.25, 0.3) is 0 Å². The number of nitrogens with zero attached hydrogens (tertiary/aromatic N) is 2. The summed E-state index contributed by atoms with van der Waals surface area (Å²) >= 11 is 0. The Labute approximate surface area is 111 Å². The number of hydrogen-bond donors (Lipinski definition) is 1. The van der Waals surface area contributed by atoms with E-state index in [2.05, 4.69) is 12.0 Å². The molecule has 1 unspecified atom stereocenters. The van der Waals surface area contributed by atoms with E-state index in [0.29, 0.717) is 0 Å². The summed E-state index contributed by atoms with van der Waals surface area (Å²) in [5.41, 5.74) is 0.945. The third-order valence-electron chi connectivity index (χ3n) is 3.42. The molecule has 0 bridgehead atoms. The Morgan fingerprint density at radius 3 is 2.44 bits per heavy atom. The van der Waals surface area contributed by atoms with Crippen molar-refractivity contribution in [3.05, 3.63) is 18.0 Å². The Morgan fingerprint density at radius 2 is 1.78 bits per heavy atom. The molecule has 0 spiro atoms. The number of aryl methyl sites for hydroxylation is 1. The number of aliphatic hydroxyl groups is 1. The van der Waals surface area contributed by atoms with Gasteiger partial charge in [-0.15, -0.1) is 0 Å². The smallest absolute Gasteiger partial charge is 0.0817 e. The van der Waals surface area contributed by atoms with E-state index in [-0.39, 0.29) is 6.10 Å². The van der Waals surface area contributed by atoms with Gasteiger partial charge in [0.1, 0.15) is 0 Å². The average molecular weight is 252 g/mol. The van der Waals surface area contributed by atoms with Crippen molar-refractivity contribution < 1.29 is 5.11 Å². The summed E-state index contributed by atoms with van der Waals surface area (Å²) in [6, 6.07) is 0. The molecule has 3 heteroatoms. The fraction of sp³-hybridized carbons (Fsp3) is 0.800. The van der Waals surface area contributed by atoms with E-state index >= 15 is 0 Å². The van der Waals surface area contributed by atoms with Crippen molar-refractivity contribution in [1.29, 1.82) is 0 Å². The molecule has 0 saturated heterocycles. The minimum atomic E-state index is -0.354. The first kappa shape index (κ1) is 15.2. The van der Waals surface area contributed by atoms with Crippen LogP contribution in [0.3, 0.4) is 0 Å². The molecule has 0 aliphatic heterocycles. The third kappa shape index (κ3) is 5.67. The van der Waals surface area contributed by atoms with Gasteiger partial charge in [0, 0.05) is 18.3 Å². The Morgan fingerprint density at radius 1 is 1.11 bits per heavy atom. The van der Waals surface area contributed by atoms with Crippen LogP contribution in [0.1, 0.15) is 76.9 Å². The van der Waals surface area contributed by atoms with Crippen LogP contribution in [-0.2, 0) is 6.54 Å². The van der Waals surface area contributed by atoms with Gasteiger partial charge in [-0.1, -0.05) is 52.4 Å². The van der Waals surface area contributed by atoms with Gasteiger partial charge in [-0.05, 0) is 12.8 Å². The molecule has 1 atom stereocenters. The maximum Gasteiger partial charge on any atom is 0.0817 e. The zero-order valence-corrected chi connectivity index (χ0v) is 11.9. The molecule has 0 saturated carbocycles. The van der Waals surface area contributed by atoms with E-state index in [1.165, 1.54) is 44.9 Å². The number of hydrogen-bond acceptors (Lipinski definition) is 2. The fourth-order valence-corrected chi connectivity index (χ4v) is 2.14. The first-order valence-corrected chi connectivity index (χ1v) is 7.48. The van der Waals surface area contributed by atoms with Crippen LogP contribution in [0.5, 0.6) is 0 Å². The first-order chi connectivity index (χ1) is 8.77. The summed E-state index contributed by atoms with van der Waals surface area (Å²) in [6.45, 7) is 5.21. The second-order valence-corrected chi connectivity index (χ2v) is 5.08. The van der Waals surface area contributed by atoms with E-state index in [1.54, 1.807) is 6.20 Å². The van der Waals surface area contributed by atoms with Crippen molar-refractivity contribution in [3.8, 4) is 0 Å². The van der Waals surface area contributed by atoms with Gasteiger partial charge >= 0.3 is 0 Å². The Bertz CT molecular complexity index is 309. The molecule has 104 valence electrons. The molecule has 0 fully saturated rings. The standard InChI is InChI=1S/C15H28N2O/c1-3-5-6-7-8-9-10-11-17-13-14(12-16-17)15(18)4-2/h12-13,15,18H,3-11H2,1-2H3. The Balaban J connectivity index is 2.10. The van der Waals surface area contributed by atoms with Crippen LogP contribution < -0.4 is 0 Å². The zero-order chi connectivity index (χ0) is 13.2. The predicted molar refractivity (Wildman–Crippen MR) is 75.5 cm³/mol. The van der Waals surface area contributed by atoms with Crippen molar-refractivity contribution in [2.75, 3.05) is 0 Å². The molecule has 1 N–H and O–H groups in total. The monoisotopic (exact) mass is 252 g/mol. The van der Waals surface area contributed by atoms with Crippen LogP contribution in [-0.4, -0.2) is 14.9 Å². The highest BCUT2D eigenvalue weighted by atomic mass is 16.3. The minimum absolute atomic E-state index is 0.354. The molecule has 0 aliphatic carbocycles. The molecule has 1 rings (SSSR count). The van der Waals surface area contributed by atoms with Crippen LogP contribution in [0.25, 0.3) is 0 Å². The van der Waals surface area contributed by atoms with Gasteiger partial charge in [0.15, 0.2) is 0 Å². The molecular formula is C15H28N2O. The molecule has 18 heavy (non-hydrogen) atoms. The van der Waals surface area contributed by atoms with Crippen molar-refractivity contribution in [2.24, 2.45) is 0 Å². The van der Waals surface area contributed by atoms with E-state index in [9.17, 15) is 5.11 Å². The van der Waals surface area contributed by atoms with Gasteiger partial charge in [0.2, 0.25) is 0 Å². The molecule has 1 aromatic heterocycles. The molecule has 1 aromatic rings. The second kappa shape index (κ2) is 9.15. The third-order valence-corrected chi connectivity index (χ3v) is 3.42. The van der Waals surface area contributed by atoms with Crippen molar-refractivity contribution in [2.45, 2.75) is 77.9 Å². The van der Waals surface area contributed by atoms with Crippen LogP contribution in [0, 0.1) is 0 Å². The number of aliphatic hydroxyl groups excluding tert-OH is 1. The molecule has 0 aliphatic rings. The highest BCUT2D eigenvalue weighted by molar-refractivity contribution is 5.07. The fourth-order valence-electron chi connectivity index (χ4n) is 2.14. The summed E-state index contributed by atoms with van der Waals surface area (Å²) in [5.74, 6) is 0. The molecule has 3 nitrogen and oxygen atoms in total. The quantitative estimate of drug-likeness (QED) is 0.637. The zero-order valence-electron chi connectivity index (χ0n) is 11.9. The second-order valence-electron chi connectivity index (χ2n) is 5.08. The average Bonchev–Trinajstić information content (AvgIpc) is 2.85. The predicted octanol–water partition coefficient (Wildman–Crippen LogP) is 4.08. The summed E-state index contributed by atoms with van der Waals surface area (Å²) in [4.78, 5) is 0. The Hall–Kier alpha value is -0.830. The first-order valence-electron chi connectivity index (χ1n) is 7.48. The number of rotatable bonds is 10. The normalized spacial score (nSPS) is 12.8. The summed E-state index contributed by atoms with van der Waals surface area (Å²) < 4.78 is 1.96. The summed E-state index contributed by atoms with van der Waals surface area (Å²) in [5, 5.41) is 14.0. The number of aromatic nitrogens is 2. The van der Waals surface area contributed by atoms with Crippen LogP contribution >= 0.6 is 0 Å². The van der Waals surface area contributed by atoms with Crippen molar-refractivity contribution >= 4 is 0 Å². The lowest BCUT2D eigenvalue weighted by molar-refractivity contribution is 0.173. The van der Waals surface area contributed by atoms with E-state index in [0.717, 1.165) is 18.5 Å². The molecule has 1 heterocycles. The van der Waals surface area contributed by atoms with Crippen molar-refractivity contribution in [1.82, 2.24) is 9.78 Å². The van der Waals surface area contributed by atoms with Gasteiger partial charge in [-0.25, -0.2) is 0 Å². The lowest BCUT2D eigenvalue weighted by Gasteiger charge is -2.03. The minimum Gasteiger partial charge on any atom is -0.388 e. The highest BCUT2D eigenvalue weighted by Crippen LogP contribution is 2.15. The topological polar surface area (TPSA) is 38.0 Å². The van der Waals surface area contributed by atoms with Gasteiger partial charge in [0.05, 0.1) is 12.3 Å². The Kier molecular flexibility index (Phi) is 7.74. The van der Waals surface area contributed by atoms with Gasteiger partial charge in [-0.3, -0.25) is 4.68 Å². The SMILES string of the molecule is CCCCCCCCCn1cc(C(O)CC)cn1. The van der Waals surface area contributed by atoms with Crippen LogP contribution in [0.2, 0.25) is 0 Å².